The highest BCUT2D eigenvalue weighted by molar-refractivity contribution is 9.11. The first-order valence-corrected chi connectivity index (χ1v) is 37.4. The van der Waals surface area contributed by atoms with Crippen LogP contribution in [0.3, 0.4) is 0 Å². The molecule has 3 heterocycles. The number of nitrogens with zero attached hydrogens (tertiary/aromatic N) is 5. The molecule has 0 radical (unpaired) electrons. The molecular formula is C96H64Br3N5O. The summed E-state index contributed by atoms with van der Waals surface area (Å²) in [5.74, 6) is 0. The first-order valence-electron chi connectivity index (χ1n) is 35.0. The van der Waals surface area contributed by atoms with Crippen LogP contribution in [0.15, 0.2) is 406 Å². The minimum Gasteiger partial charge on any atom is -0.455 e. The summed E-state index contributed by atoms with van der Waals surface area (Å²) in [5, 5.41) is 14.3. The van der Waals surface area contributed by atoms with Gasteiger partial charge in [-0.15, -0.1) is 0 Å². The Balaban J connectivity index is 0.000000112. The van der Waals surface area contributed by atoms with E-state index in [0.717, 1.165) is 109 Å². The summed E-state index contributed by atoms with van der Waals surface area (Å²) in [7, 11) is 0. The molecule has 9 heteroatoms. The van der Waals surface area contributed by atoms with Crippen LogP contribution < -0.4 is 14.7 Å². The fraction of sp³-hybridized carbons (Fsp3) is 0. The second-order valence-corrected chi connectivity index (χ2v) is 28.7. The van der Waals surface area contributed by atoms with Gasteiger partial charge in [-0.2, -0.15) is 0 Å². The maximum absolute atomic E-state index is 6.41. The summed E-state index contributed by atoms with van der Waals surface area (Å²) >= 11 is 11.0. The maximum atomic E-state index is 6.41. The summed E-state index contributed by atoms with van der Waals surface area (Å²) in [6.45, 7) is 0. The standard InChI is InChI=1S/C34H23BrN2.C32H20BrNO.C30H21BrN2/c35-25-18-20-30-31-23-28(19-21-33(31)37(34(30)22-25)27-14-5-2-6-15-27)36(26-12-3-1-4-13-26)32-17-9-11-24-10-7-8-16-29(24)32;33-22-17-18-26-28-20-30(25-14-6-7-15-27(25)32(28)35-31(26)19-22)34(23-11-2-1-3-12-23)29-16-8-10-21-9-4-5-13-24(21)29;31-22-16-18-27-28-21-26(32(23-10-4-1-5-11-23)24-12-6-2-7-13-24)17-19-29(28)33(30(27)20-22)25-14-8-3-9-15-25/h1-23H;1-20H;1-21H. The predicted molar refractivity (Wildman–Crippen MR) is 455 cm³/mol. The molecule has 0 unspecified atom stereocenters. The molecule has 0 saturated carbocycles. The molecule has 0 fully saturated rings. The largest absolute Gasteiger partial charge is 0.455 e. The molecule has 0 bridgehead atoms. The minimum absolute atomic E-state index is 0.883. The molecule has 0 saturated heterocycles. The second kappa shape index (κ2) is 28.2. The van der Waals surface area contributed by atoms with Crippen molar-refractivity contribution < 1.29 is 4.42 Å². The van der Waals surface area contributed by atoms with Crippen molar-refractivity contribution in [3.63, 3.8) is 0 Å². The fourth-order valence-electron chi connectivity index (χ4n) is 15.1. The van der Waals surface area contributed by atoms with E-state index in [4.69, 9.17) is 4.42 Å². The normalized spacial score (nSPS) is 11.4. The first kappa shape index (κ1) is 64.8. The molecule has 0 spiro atoms. The zero-order chi connectivity index (χ0) is 70.3. The van der Waals surface area contributed by atoms with Crippen LogP contribution in [0.1, 0.15) is 0 Å². The highest BCUT2D eigenvalue weighted by atomic mass is 79.9. The Hall–Kier alpha value is -12.2. The average Bonchev–Trinajstić information content (AvgIpc) is 1.71. The van der Waals surface area contributed by atoms with E-state index in [-0.39, 0.29) is 0 Å². The SMILES string of the molecule is Brc1ccc2c(c1)oc1c3ccccc3c(N(c3ccccc3)c3cccc4ccccc34)cc21.Brc1ccc2c3cc(N(c4ccccc4)c4cccc5ccccc45)ccc3n(-c3ccccc3)c2c1.Brc1ccc2c3cc(N(c4ccccc4)c4ccccc4)ccc3n(-c3ccccc3)c2c1. The van der Waals surface area contributed by atoms with E-state index in [2.05, 4.69) is 454 Å². The van der Waals surface area contributed by atoms with E-state index < -0.39 is 0 Å². The molecule has 20 rings (SSSR count). The predicted octanol–water partition coefficient (Wildman–Crippen LogP) is 29.3. The van der Waals surface area contributed by atoms with Crippen LogP contribution in [0.2, 0.25) is 0 Å². The molecule has 105 heavy (non-hydrogen) atoms. The molecule has 0 atom stereocenters. The van der Waals surface area contributed by atoms with Crippen LogP contribution >= 0.6 is 47.8 Å². The number of hydrogen-bond donors (Lipinski definition) is 0. The molecular weight excluding hydrogens is 1480 g/mol. The third kappa shape index (κ3) is 12.2. The Morgan fingerprint density at radius 1 is 0.210 bits per heavy atom. The smallest absolute Gasteiger partial charge is 0.143 e. The van der Waals surface area contributed by atoms with Crippen LogP contribution in [-0.2, 0) is 0 Å². The fourth-order valence-corrected chi connectivity index (χ4v) is 16.1. The zero-order valence-corrected chi connectivity index (χ0v) is 61.5. The molecule has 17 aromatic carbocycles. The van der Waals surface area contributed by atoms with E-state index in [1.165, 1.54) is 65.2 Å². The van der Waals surface area contributed by atoms with Crippen LogP contribution in [-0.4, -0.2) is 9.13 Å². The number of anilines is 9. The monoisotopic (exact) mass is 1540 g/mol. The maximum Gasteiger partial charge on any atom is 0.143 e. The summed E-state index contributed by atoms with van der Waals surface area (Å²) in [6, 6.07) is 137. The lowest BCUT2D eigenvalue weighted by atomic mass is 10.0. The number of aromatic nitrogens is 2. The van der Waals surface area contributed by atoms with E-state index in [0.29, 0.717) is 0 Å². The van der Waals surface area contributed by atoms with Crippen molar-refractivity contribution in [3.05, 3.63) is 402 Å². The number of halogens is 3. The molecule has 6 nitrogen and oxygen atoms in total. The number of hydrogen-bond acceptors (Lipinski definition) is 4. The molecule has 3 aromatic heterocycles. The highest BCUT2D eigenvalue weighted by Gasteiger charge is 2.24. The van der Waals surface area contributed by atoms with E-state index in [1.54, 1.807) is 0 Å². The van der Waals surface area contributed by atoms with Gasteiger partial charge in [0.25, 0.3) is 0 Å². The highest BCUT2D eigenvalue weighted by Crippen LogP contribution is 2.48. The van der Waals surface area contributed by atoms with E-state index >= 15 is 0 Å². The Morgan fingerprint density at radius 3 is 1.07 bits per heavy atom. The molecule has 0 N–H and O–H groups in total. The van der Waals surface area contributed by atoms with Crippen molar-refractivity contribution in [2.24, 2.45) is 0 Å². The zero-order valence-electron chi connectivity index (χ0n) is 56.7. The van der Waals surface area contributed by atoms with Gasteiger partial charge in [0.05, 0.1) is 39.1 Å². The second-order valence-electron chi connectivity index (χ2n) is 26.0. The Labute approximate surface area is 633 Å². The number of para-hydroxylation sites is 6. The van der Waals surface area contributed by atoms with E-state index in [9.17, 15) is 0 Å². The summed E-state index contributed by atoms with van der Waals surface area (Å²) in [5.41, 5.74) is 19.1. The van der Waals surface area contributed by atoms with Gasteiger partial charge in [0, 0.05) is 113 Å². The van der Waals surface area contributed by atoms with Crippen LogP contribution in [0.4, 0.5) is 51.2 Å². The van der Waals surface area contributed by atoms with Crippen LogP contribution in [0.5, 0.6) is 0 Å². The van der Waals surface area contributed by atoms with Gasteiger partial charge in [-0.1, -0.05) is 266 Å². The van der Waals surface area contributed by atoms with Gasteiger partial charge in [-0.3, -0.25) is 0 Å². The molecule has 0 aliphatic carbocycles. The lowest BCUT2D eigenvalue weighted by Crippen LogP contribution is -2.11. The molecule has 0 aliphatic heterocycles. The summed E-state index contributed by atoms with van der Waals surface area (Å²) in [6.07, 6.45) is 0. The van der Waals surface area contributed by atoms with Crippen molar-refractivity contribution in [3.8, 4) is 11.4 Å². The number of rotatable bonds is 11. The lowest BCUT2D eigenvalue weighted by molar-refractivity contribution is 0.672. The topological polar surface area (TPSA) is 32.7 Å². The van der Waals surface area contributed by atoms with E-state index in [1.807, 2.05) is 6.07 Å². The first-order chi connectivity index (χ1) is 51.8. The Bertz CT molecular complexity index is 6540. The van der Waals surface area contributed by atoms with Crippen molar-refractivity contribution in [1.82, 2.24) is 9.13 Å². The van der Waals surface area contributed by atoms with Crippen molar-refractivity contribution >= 4 is 197 Å². The Morgan fingerprint density at radius 2 is 0.581 bits per heavy atom. The Kier molecular flexibility index (Phi) is 17.4. The van der Waals surface area contributed by atoms with Crippen LogP contribution in [0.25, 0.3) is 109 Å². The van der Waals surface area contributed by atoms with Gasteiger partial charge in [0.2, 0.25) is 0 Å². The average molecular weight is 1540 g/mol. The molecule has 500 valence electrons. The van der Waals surface area contributed by atoms with Gasteiger partial charge in [0.15, 0.2) is 0 Å². The number of benzene rings is 17. The van der Waals surface area contributed by atoms with Gasteiger partial charge >= 0.3 is 0 Å². The lowest BCUT2D eigenvalue weighted by Gasteiger charge is -2.28. The number of furan rings is 1. The van der Waals surface area contributed by atoms with Crippen molar-refractivity contribution in [2.45, 2.75) is 0 Å². The summed E-state index contributed by atoms with van der Waals surface area (Å²) in [4.78, 5) is 7.05. The quantitative estimate of drug-likeness (QED) is 0.129. The van der Waals surface area contributed by atoms with Gasteiger partial charge in [0.1, 0.15) is 11.2 Å². The molecule has 20 aromatic rings. The third-order valence-corrected chi connectivity index (χ3v) is 21.2. The van der Waals surface area contributed by atoms with Crippen molar-refractivity contribution in [1.29, 1.82) is 0 Å². The van der Waals surface area contributed by atoms with Gasteiger partial charge in [-0.25, -0.2) is 0 Å². The molecule has 0 aliphatic rings. The number of fused-ring (bicyclic) bond motifs is 13. The minimum atomic E-state index is 0.883. The van der Waals surface area contributed by atoms with Crippen LogP contribution in [0, 0.1) is 0 Å². The summed E-state index contributed by atoms with van der Waals surface area (Å²) < 4.78 is 14.3. The third-order valence-electron chi connectivity index (χ3n) is 19.7. The van der Waals surface area contributed by atoms with Gasteiger partial charge in [-0.05, 0) is 181 Å². The van der Waals surface area contributed by atoms with Crippen molar-refractivity contribution in [2.75, 3.05) is 14.7 Å². The van der Waals surface area contributed by atoms with Gasteiger partial charge < -0.3 is 28.3 Å². The molecule has 0 amide bonds.